The summed E-state index contributed by atoms with van der Waals surface area (Å²) in [6.07, 6.45) is 20.2. The molecule has 0 aliphatic rings. The van der Waals surface area contributed by atoms with Gasteiger partial charge < -0.3 is 25.5 Å². The number of hydrogen-bond donors (Lipinski definition) is 5. The zero-order valence-electron chi connectivity index (χ0n) is 29.7. The van der Waals surface area contributed by atoms with Gasteiger partial charge >= 0.3 is 29.8 Å². The standard InChI is InChI=1S/C24H12O8.C18H36O2/c25-21(26)13-8-7-11-10-5-1-3-9-4-2-6-12(14(9)10)16-15(11)17(13)19(23(29)30)20(24(31)32)18(16)22(27)28;1-2-3-4-5-6-7-8-9-10-11-12-13-14-15-16-17-18(19)20/h1-8H,(H,25,26)(H,27,28)(H,29,30)(H,31,32);2-17H2,1H3,(H,19,20). The van der Waals surface area contributed by atoms with Gasteiger partial charge in [-0.2, -0.15) is 0 Å². The van der Waals surface area contributed by atoms with Gasteiger partial charge in [0.05, 0.1) is 22.3 Å². The highest BCUT2D eigenvalue weighted by molar-refractivity contribution is 6.40. The van der Waals surface area contributed by atoms with E-state index in [-0.39, 0.29) is 16.2 Å². The number of unbranched alkanes of at least 4 members (excludes halogenated alkanes) is 14. The highest BCUT2D eigenvalue weighted by Crippen LogP contribution is 2.45. The summed E-state index contributed by atoms with van der Waals surface area (Å²) >= 11 is 0. The minimum atomic E-state index is -1.77. The molecule has 0 bridgehead atoms. The Morgan fingerprint density at radius 2 is 0.865 bits per heavy atom. The Labute approximate surface area is 302 Å². The molecule has 0 fully saturated rings. The highest BCUT2D eigenvalue weighted by atomic mass is 16.4. The first-order chi connectivity index (χ1) is 25.0. The van der Waals surface area contributed by atoms with Crippen LogP contribution in [0.25, 0.3) is 43.1 Å². The normalized spacial score (nSPS) is 11.2. The zero-order valence-corrected chi connectivity index (χ0v) is 29.7. The van der Waals surface area contributed by atoms with E-state index in [1.54, 1.807) is 24.3 Å². The van der Waals surface area contributed by atoms with Crippen molar-refractivity contribution in [2.24, 2.45) is 0 Å². The van der Waals surface area contributed by atoms with E-state index in [1.165, 1.54) is 95.6 Å². The van der Waals surface area contributed by atoms with Crippen molar-refractivity contribution in [2.45, 2.75) is 110 Å². The molecule has 10 nitrogen and oxygen atoms in total. The summed E-state index contributed by atoms with van der Waals surface area (Å²) in [5, 5.41) is 50.8. The van der Waals surface area contributed by atoms with Crippen LogP contribution >= 0.6 is 0 Å². The van der Waals surface area contributed by atoms with Crippen LogP contribution in [0.2, 0.25) is 0 Å². The Morgan fingerprint density at radius 1 is 0.423 bits per heavy atom. The molecular formula is C42H48O10. The second-order valence-corrected chi connectivity index (χ2v) is 13.4. The monoisotopic (exact) mass is 712 g/mol. The number of carboxylic acids is 5. The van der Waals surface area contributed by atoms with E-state index in [0.29, 0.717) is 28.0 Å². The van der Waals surface area contributed by atoms with Gasteiger partial charge in [-0.15, -0.1) is 0 Å². The first-order valence-electron chi connectivity index (χ1n) is 18.3. The lowest BCUT2D eigenvalue weighted by Crippen LogP contribution is -2.18. The summed E-state index contributed by atoms with van der Waals surface area (Å²) in [6.45, 7) is 2.27. The van der Waals surface area contributed by atoms with Crippen molar-refractivity contribution in [3.8, 4) is 0 Å². The second kappa shape index (κ2) is 18.8. The molecule has 0 saturated carbocycles. The van der Waals surface area contributed by atoms with Gasteiger partial charge in [0.15, 0.2) is 0 Å². The number of carboxylic acid groups (broad SMARTS) is 5. The van der Waals surface area contributed by atoms with Gasteiger partial charge in [0.2, 0.25) is 0 Å². The van der Waals surface area contributed by atoms with E-state index in [9.17, 15) is 44.4 Å². The summed E-state index contributed by atoms with van der Waals surface area (Å²) in [5.74, 6) is -7.23. The Kier molecular flexibility index (Phi) is 14.3. The molecule has 0 atom stereocenters. The van der Waals surface area contributed by atoms with Gasteiger partial charge in [0.1, 0.15) is 0 Å². The van der Waals surface area contributed by atoms with E-state index in [2.05, 4.69) is 6.92 Å². The predicted octanol–water partition coefficient (Wildman–Crippen LogP) is 10.9. The number of benzene rings is 5. The average Bonchev–Trinajstić information content (AvgIpc) is 3.11. The molecule has 5 aromatic rings. The average molecular weight is 713 g/mol. The second-order valence-electron chi connectivity index (χ2n) is 13.4. The third kappa shape index (κ3) is 9.15. The summed E-state index contributed by atoms with van der Waals surface area (Å²) in [7, 11) is 0. The van der Waals surface area contributed by atoms with Crippen LogP contribution < -0.4 is 0 Å². The van der Waals surface area contributed by atoms with Crippen LogP contribution in [0.1, 0.15) is 151 Å². The predicted molar refractivity (Wildman–Crippen MR) is 203 cm³/mol. The van der Waals surface area contributed by atoms with Gasteiger partial charge in [-0.1, -0.05) is 139 Å². The molecule has 0 heterocycles. The van der Waals surface area contributed by atoms with Gasteiger partial charge in [-0.05, 0) is 39.4 Å². The van der Waals surface area contributed by atoms with E-state index in [1.807, 2.05) is 12.1 Å². The summed E-state index contributed by atoms with van der Waals surface area (Å²) < 4.78 is 0. The van der Waals surface area contributed by atoms with Crippen LogP contribution in [0.5, 0.6) is 0 Å². The molecule has 0 aliphatic carbocycles. The molecular weight excluding hydrogens is 664 g/mol. The van der Waals surface area contributed by atoms with Crippen LogP contribution in [0.15, 0.2) is 48.5 Å². The quantitative estimate of drug-likeness (QED) is 0.0295. The smallest absolute Gasteiger partial charge is 0.337 e. The maximum absolute atomic E-state index is 12.3. The number of aromatic carboxylic acids is 4. The molecule has 0 aliphatic heterocycles. The Morgan fingerprint density at radius 3 is 1.33 bits per heavy atom. The number of carbonyl (C=O) groups is 5. The fourth-order valence-corrected chi connectivity index (χ4v) is 7.36. The van der Waals surface area contributed by atoms with Crippen molar-refractivity contribution in [3.63, 3.8) is 0 Å². The number of fused-ring (bicyclic) bond motifs is 2. The van der Waals surface area contributed by atoms with Gasteiger partial charge in [-0.3, -0.25) is 4.79 Å². The van der Waals surface area contributed by atoms with Crippen molar-refractivity contribution in [1.82, 2.24) is 0 Å². The molecule has 0 unspecified atom stereocenters. The van der Waals surface area contributed by atoms with E-state index >= 15 is 0 Å². The van der Waals surface area contributed by atoms with Gasteiger partial charge in [-0.25, -0.2) is 19.2 Å². The van der Waals surface area contributed by atoms with Crippen LogP contribution in [0.3, 0.4) is 0 Å². The molecule has 5 rings (SSSR count). The number of aliphatic carboxylic acids is 1. The molecule has 0 radical (unpaired) electrons. The summed E-state index contributed by atoms with van der Waals surface area (Å²) in [6, 6.07) is 13.2. The third-order valence-electron chi connectivity index (χ3n) is 9.79. The van der Waals surface area contributed by atoms with E-state index < -0.39 is 52.1 Å². The number of rotatable bonds is 20. The molecule has 0 saturated heterocycles. The Balaban J connectivity index is 0.000000263. The molecule has 0 amide bonds. The van der Waals surface area contributed by atoms with Gasteiger partial charge in [0.25, 0.3) is 0 Å². The maximum atomic E-state index is 12.3. The fraction of sp³-hybridized carbons (Fsp3) is 0.405. The molecule has 5 aromatic carbocycles. The van der Waals surface area contributed by atoms with Crippen molar-refractivity contribution in [1.29, 1.82) is 0 Å². The van der Waals surface area contributed by atoms with Gasteiger partial charge in [0, 0.05) is 22.6 Å². The minimum Gasteiger partial charge on any atom is -0.481 e. The van der Waals surface area contributed by atoms with Crippen molar-refractivity contribution in [2.75, 3.05) is 0 Å². The lowest BCUT2D eigenvalue weighted by Gasteiger charge is -2.20. The summed E-state index contributed by atoms with van der Waals surface area (Å²) in [5.41, 5.74) is -2.93. The van der Waals surface area contributed by atoms with Crippen LogP contribution in [-0.4, -0.2) is 55.4 Å². The number of hydrogen-bond acceptors (Lipinski definition) is 5. The van der Waals surface area contributed by atoms with E-state index in [4.69, 9.17) is 5.11 Å². The molecule has 52 heavy (non-hydrogen) atoms. The van der Waals surface area contributed by atoms with Crippen LogP contribution in [0.4, 0.5) is 0 Å². The minimum absolute atomic E-state index is 0.00250. The molecule has 276 valence electrons. The zero-order chi connectivity index (χ0) is 37.8. The van der Waals surface area contributed by atoms with Crippen LogP contribution in [0, 0.1) is 0 Å². The SMILES string of the molecule is CCCCCCCCCCCCCCCCCC(=O)O.O=C(O)c1c(C(=O)O)c2c(C(=O)O)ccc3c4cccc5cccc(c(c1C(=O)O)c23)c54. The first-order valence-corrected chi connectivity index (χ1v) is 18.3. The summed E-state index contributed by atoms with van der Waals surface area (Å²) in [4.78, 5) is 59.0. The molecule has 0 aromatic heterocycles. The van der Waals surface area contributed by atoms with Crippen molar-refractivity contribution < 1.29 is 49.5 Å². The maximum Gasteiger partial charge on any atom is 0.337 e. The third-order valence-corrected chi connectivity index (χ3v) is 9.79. The van der Waals surface area contributed by atoms with Crippen molar-refractivity contribution in [3.05, 3.63) is 70.8 Å². The fourth-order valence-electron chi connectivity index (χ4n) is 7.36. The highest BCUT2D eigenvalue weighted by Gasteiger charge is 2.33. The topological polar surface area (TPSA) is 186 Å². The largest absolute Gasteiger partial charge is 0.481 e. The molecule has 5 N–H and O–H groups in total. The lowest BCUT2D eigenvalue weighted by atomic mass is 9.81. The molecule has 0 spiro atoms. The Hall–Kier alpha value is -5.25. The Bertz CT molecular complexity index is 2060. The first kappa shape index (κ1) is 39.5. The van der Waals surface area contributed by atoms with Crippen molar-refractivity contribution >= 4 is 72.9 Å². The lowest BCUT2D eigenvalue weighted by molar-refractivity contribution is -0.137. The van der Waals surface area contributed by atoms with E-state index in [0.717, 1.165) is 18.2 Å². The van der Waals surface area contributed by atoms with Crippen LogP contribution in [-0.2, 0) is 4.79 Å². The molecule has 10 heteroatoms.